The fourth-order valence-electron chi connectivity index (χ4n) is 2.01. The first-order valence-electron chi connectivity index (χ1n) is 5.88. The van der Waals surface area contributed by atoms with Gasteiger partial charge in [0.2, 0.25) is 11.8 Å². The van der Waals surface area contributed by atoms with Crippen molar-refractivity contribution >= 4 is 17.5 Å². The van der Waals surface area contributed by atoms with Crippen LogP contribution in [0.1, 0.15) is 13.3 Å². The molecule has 96 valence electrons. The molecule has 1 atom stereocenters. The first-order valence-corrected chi connectivity index (χ1v) is 5.88. The zero-order valence-electron chi connectivity index (χ0n) is 10.4. The average molecular weight is 255 g/mol. The van der Waals surface area contributed by atoms with E-state index in [1.165, 1.54) is 0 Å². The predicted molar refractivity (Wildman–Crippen MR) is 69.6 cm³/mol. The van der Waals surface area contributed by atoms with Gasteiger partial charge in [-0.2, -0.15) is 5.26 Å². The number of nitrogens with one attached hydrogen (secondary N) is 2. The lowest BCUT2D eigenvalue weighted by Crippen LogP contribution is -2.37. The van der Waals surface area contributed by atoms with Gasteiger partial charge in [0.15, 0.2) is 0 Å². The number of carbonyl (C=O) groups excluding carboxylic acids is 2. The summed E-state index contributed by atoms with van der Waals surface area (Å²) >= 11 is 0. The summed E-state index contributed by atoms with van der Waals surface area (Å²) in [6.07, 6.45) is -0.00109. The normalized spacial score (nSPS) is 18.5. The van der Waals surface area contributed by atoms with Gasteiger partial charge in [-0.3, -0.25) is 9.59 Å². The van der Waals surface area contributed by atoms with E-state index in [4.69, 9.17) is 5.26 Å². The van der Waals surface area contributed by atoms with Crippen LogP contribution in [0.25, 0.3) is 0 Å². The number of allylic oxidation sites excluding steroid dienone is 1. The molecule has 0 spiro atoms. The van der Waals surface area contributed by atoms with Crippen molar-refractivity contribution in [2.45, 2.75) is 13.3 Å². The van der Waals surface area contributed by atoms with E-state index in [0.717, 1.165) is 0 Å². The number of nitriles is 1. The molecule has 0 bridgehead atoms. The standard InChI is InChI=1S/C14H13N3O2/c1-9-12(8-15)11(7-13(18)16-9)14(19)17-10-5-3-2-4-6-10/h2-6,11H,7H2,1H3,(H,16,18)(H,17,19)/t11-/m0/s1. The quantitative estimate of drug-likeness (QED) is 0.841. The van der Waals surface area contributed by atoms with E-state index in [9.17, 15) is 9.59 Å². The van der Waals surface area contributed by atoms with Gasteiger partial charge in [0, 0.05) is 17.8 Å². The molecule has 5 heteroatoms. The Bertz CT molecular complexity index is 584. The maximum atomic E-state index is 12.2. The lowest BCUT2D eigenvalue weighted by molar-refractivity contribution is -0.126. The van der Waals surface area contributed by atoms with Gasteiger partial charge in [-0.25, -0.2) is 0 Å². The Morgan fingerprint density at radius 1 is 1.42 bits per heavy atom. The van der Waals surface area contributed by atoms with E-state index in [1.54, 1.807) is 31.2 Å². The van der Waals surface area contributed by atoms with Gasteiger partial charge < -0.3 is 10.6 Å². The van der Waals surface area contributed by atoms with E-state index in [0.29, 0.717) is 17.0 Å². The number of nitrogens with zero attached hydrogens (tertiary/aromatic N) is 1. The second-order valence-electron chi connectivity index (χ2n) is 4.31. The lowest BCUT2D eigenvalue weighted by atomic mass is 9.90. The zero-order valence-corrected chi connectivity index (χ0v) is 10.4. The number of para-hydroxylation sites is 1. The number of benzene rings is 1. The van der Waals surface area contributed by atoms with Crippen LogP contribution in [-0.4, -0.2) is 11.8 Å². The van der Waals surface area contributed by atoms with Gasteiger partial charge in [-0.05, 0) is 19.1 Å². The molecule has 2 N–H and O–H groups in total. The molecule has 0 fully saturated rings. The Hall–Kier alpha value is -2.61. The molecule has 0 saturated carbocycles. The number of hydrogen-bond acceptors (Lipinski definition) is 3. The van der Waals surface area contributed by atoms with Crippen LogP contribution in [-0.2, 0) is 9.59 Å². The van der Waals surface area contributed by atoms with E-state index < -0.39 is 5.92 Å². The lowest BCUT2D eigenvalue weighted by Gasteiger charge is -2.22. The van der Waals surface area contributed by atoms with E-state index in [1.807, 2.05) is 12.1 Å². The molecule has 1 heterocycles. The molecule has 0 saturated heterocycles. The number of hydrogen-bond donors (Lipinski definition) is 2. The highest BCUT2D eigenvalue weighted by atomic mass is 16.2. The second-order valence-corrected chi connectivity index (χ2v) is 4.31. The molecular formula is C14H13N3O2. The van der Waals surface area contributed by atoms with Gasteiger partial charge >= 0.3 is 0 Å². The highest BCUT2D eigenvalue weighted by Crippen LogP contribution is 2.23. The molecule has 1 aliphatic heterocycles. The van der Waals surface area contributed by atoms with Crippen LogP contribution in [0.15, 0.2) is 41.6 Å². The zero-order chi connectivity index (χ0) is 13.8. The highest BCUT2D eigenvalue weighted by Gasteiger charge is 2.31. The summed E-state index contributed by atoms with van der Waals surface area (Å²) in [6, 6.07) is 10.9. The van der Waals surface area contributed by atoms with Gasteiger partial charge in [0.25, 0.3) is 0 Å². The topological polar surface area (TPSA) is 82.0 Å². The molecule has 1 aromatic carbocycles. The average Bonchev–Trinajstić information content (AvgIpc) is 2.39. The summed E-state index contributed by atoms with van der Waals surface area (Å²) in [6.45, 7) is 1.62. The van der Waals surface area contributed by atoms with Crippen molar-refractivity contribution in [2.75, 3.05) is 5.32 Å². The molecule has 1 aromatic rings. The summed E-state index contributed by atoms with van der Waals surface area (Å²) in [7, 11) is 0. The third-order valence-electron chi connectivity index (χ3n) is 2.95. The molecule has 2 amide bonds. The van der Waals surface area contributed by atoms with Crippen molar-refractivity contribution in [3.8, 4) is 6.07 Å². The third kappa shape index (κ3) is 2.80. The van der Waals surface area contributed by atoms with Crippen LogP contribution in [0, 0.1) is 17.2 Å². The fraction of sp³-hybridized carbons (Fsp3) is 0.214. The monoisotopic (exact) mass is 255 g/mol. The van der Waals surface area contributed by atoms with Crippen molar-refractivity contribution < 1.29 is 9.59 Å². The Morgan fingerprint density at radius 3 is 2.74 bits per heavy atom. The fourth-order valence-corrected chi connectivity index (χ4v) is 2.01. The Morgan fingerprint density at radius 2 is 2.11 bits per heavy atom. The van der Waals surface area contributed by atoms with Gasteiger partial charge in [0.1, 0.15) is 0 Å². The minimum Gasteiger partial charge on any atom is -0.329 e. The molecule has 0 aliphatic carbocycles. The minimum absolute atomic E-state index is 0.00109. The first-order chi connectivity index (χ1) is 9.11. The predicted octanol–water partition coefficient (Wildman–Crippen LogP) is 1.56. The van der Waals surface area contributed by atoms with Crippen LogP contribution in [0.3, 0.4) is 0 Å². The van der Waals surface area contributed by atoms with Gasteiger partial charge in [0.05, 0.1) is 17.6 Å². The SMILES string of the molecule is CC1=C(C#N)[C@@H](C(=O)Nc2ccccc2)CC(=O)N1. The number of anilines is 1. The van der Waals surface area contributed by atoms with Gasteiger partial charge in [-0.1, -0.05) is 18.2 Å². The molecule has 5 nitrogen and oxygen atoms in total. The van der Waals surface area contributed by atoms with Crippen LogP contribution >= 0.6 is 0 Å². The molecular weight excluding hydrogens is 242 g/mol. The smallest absolute Gasteiger partial charge is 0.233 e. The molecule has 19 heavy (non-hydrogen) atoms. The van der Waals surface area contributed by atoms with Crippen molar-refractivity contribution in [1.29, 1.82) is 5.26 Å². The third-order valence-corrected chi connectivity index (χ3v) is 2.95. The summed E-state index contributed by atoms with van der Waals surface area (Å²) in [5, 5.41) is 14.4. The molecule has 0 aromatic heterocycles. The van der Waals surface area contributed by atoms with Crippen LogP contribution in [0.5, 0.6) is 0 Å². The second kappa shape index (κ2) is 5.36. The maximum Gasteiger partial charge on any atom is 0.233 e. The maximum absolute atomic E-state index is 12.2. The Labute approximate surface area is 110 Å². The molecule has 1 aliphatic rings. The van der Waals surface area contributed by atoms with Crippen molar-refractivity contribution in [2.24, 2.45) is 5.92 Å². The van der Waals surface area contributed by atoms with Gasteiger partial charge in [-0.15, -0.1) is 0 Å². The van der Waals surface area contributed by atoms with E-state index in [-0.39, 0.29) is 18.2 Å². The summed E-state index contributed by atoms with van der Waals surface area (Å²) in [4.78, 5) is 23.6. The van der Waals surface area contributed by atoms with E-state index >= 15 is 0 Å². The Kier molecular flexibility index (Phi) is 3.62. The van der Waals surface area contributed by atoms with Crippen LogP contribution < -0.4 is 10.6 Å². The number of carbonyl (C=O) groups is 2. The number of rotatable bonds is 2. The summed E-state index contributed by atoms with van der Waals surface area (Å²) in [5.74, 6) is -1.30. The summed E-state index contributed by atoms with van der Waals surface area (Å²) < 4.78 is 0. The van der Waals surface area contributed by atoms with Crippen LogP contribution in [0.2, 0.25) is 0 Å². The largest absolute Gasteiger partial charge is 0.329 e. The minimum atomic E-state index is -0.723. The van der Waals surface area contributed by atoms with Crippen molar-refractivity contribution in [3.63, 3.8) is 0 Å². The van der Waals surface area contributed by atoms with Crippen molar-refractivity contribution in [3.05, 3.63) is 41.6 Å². The first kappa shape index (κ1) is 12.8. The summed E-state index contributed by atoms with van der Waals surface area (Å²) in [5.41, 5.74) is 1.41. The number of amides is 2. The molecule has 0 unspecified atom stereocenters. The van der Waals surface area contributed by atoms with Crippen molar-refractivity contribution in [1.82, 2.24) is 5.32 Å². The van der Waals surface area contributed by atoms with E-state index in [2.05, 4.69) is 10.6 Å². The van der Waals surface area contributed by atoms with Crippen LogP contribution in [0.4, 0.5) is 5.69 Å². The molecule has 0 radical (unpaired) electrons. The molecule has 2 rings (SSSR count). The Balaban J connectivity index is 2.21. The highest BCUT2D eigenvalue weighted by molar-refractivity contribution is 5.99.